The molecule has 1 aliphatic heterocycles. The van der Waals surface area contributed by atoms with Gasteiger partial charge in [0.05, 0.1) is 16.7 Å². The molecule has 2 heterocycles. The molecule has 0 saturated carbocycles. The van der Waals surface area contributed by atoms with Gasteiger partial charge in [0.15, 0.2) is 0 Å². The van der Waals surface area contributed by atoms with E-state index in [-0.39, 0.29) is 5.91 Å². The fraction of sp³-hybridized carbons (Fsp3) is 0.136. The van der Waals surface area contributed by atoms with Gasteiger partial charge >= 0.3 is 6.18 Å². The van der Waals surface area contributed by atoms with Crippen molar-refractivity contribution < 1.29 is 22.8 Å². The second-order valence-corrected chi connectivity index (χ2v) is 6.79. The fourth-order valence-corrected chi connectivity index (χ4v) is 3.44. The molecule has 8 heteroatoms. The van der Waals surface area contributed by atoms with Gasteiger partial charge in [-0.15, -0.1) is 0 Å². The molecule has 0 fully saturated rings. The molecular weight excluding hydrogens is 395 g/mol. The third-order valence-corrected chi connectivity index (χ3v) is 4.87. The number of rotatable bonds is 3. The molecule has 2 aromatic carbocycles. The molecule has 30 heavy (non-hydrogen) atoms. The van der Waals surface area contributed by atoms with Crippen LogP contribution in [0.3, 0.4) is 0 Å². The number of hydrogen-bond donors (Lipinski definition) is 1. The number of aromatic nitrogens is 1. The van der Waals surface area contributed by atoms with Gasteiger partial charge in [-0.2, -0.15) is 13.2 Å². The van der Waals surface area contributed by atoms with E-state index in [1.54, 1.807) is 41.4 Å². The summed E-state index contributed by atoms with van der Waals surface area (Å²) in [5, 5.41) is 2.51. The van der Waals surface area contributed by atoms with Gasteiger partial charge in [-0.25, -0.2) is 0 Å². The van der Waals surface area contributed by atoms with Gasteiger partial charge in [0.1, 0.15) is 0 Å². The monoisotopic (exact) mass is 411 g/mol. The lowest BCUT2D eigenvalue weighted by atomic mass is 10.1. The largest absolute Gasteiger partial charge is 0.417 e. The van der Waals surface area contributed by atoms with E-state index in [0.717, 1.165) is 17.7 Å². The van der Waals surface area contributed by atoms with Crippen molar-refractivity contribution in [3.8, 4) is 0 Å². The Morgan fingerprint density at radius 2 is 1.83 bits per heavy atom. The van der Waals surface area contributed by atoms with Crippen LogP contribution in [0.2, 0.25) is 0 Å². The van der Waals surface area contributed by atoms with Crippen LogP contribution in [0.5, 0.6) is 0 Å². The van der Waals surface area contributed by atoms with E-state index in [9.17, 15) is 22.8 Å². The summed E-state index contributed by atoms with van der Waals surface area (Å²) < 4.78 is 39.6. The average molecular weight is 411 g/mol. The lowest BCUT2D eigenvalue weighted by Gasteiger charge is -2.18. The number of halogens is 3. The first-order chi connectivity index (χ1) is 14.3. The van der Waals surface area contributed by atoms with Crippen LogP contribution < -0.4 is 10.2 Å². The van der Waals surface area contributed by atoms with Gasteiger partial charge in [-0.1, -0.05) is 18.2 Å². The first-order valence-corrected chi connectivity index (χ1v) is 9.17. The summed E-state index contributed by atoms with van der Waals surface area (Å²) in [5.74, 6) is -1.10. The molecule has 1 aliphatic rings. The highest BCUT2D eigenvalue weighted by Gasteiger charge is 2.35. The summed E-state index contributed by atoms with van der Waals surface area (Å²) in [4.78, 5) is 30.8. The van der Waals surface area contributed by atoms with Crippen molar-refractivity contribution in [3.05, 3.63) is 89.2 Å². The summed E-state index contributed by atoms with van der Waals surface area (Å²) in [5.41, 5.74) is 0.804. The van der Waals surface area contributed by atoms with E-state index in [1.807, 2.05) is 0 Å². The topological polar surface area (TPSA) is 62.3 Å². The number of nitrogens with one attached hydrogen (secondary N) is 1. The summed E-state index contributed by atoms with van der Waals surface area (Å²) >= 11 is 0. The average Bonchev–Trinajstić information content (AvgIpc) is 3.16. The maximum atomic E-state index is 13.2. The summed E-state index contributed by atoms with van der Waals surface area (Å²) in [6, 6.07) is 12.9. The summed E-state index contributed by atoms with van der Waals surface area (Å²) in [7, 11) is 0. The van der Waals surface area contributed by atoms with Crippen molar-refractivity contribution in [1.82, 2.24) is 4.98 Å². The van der Waals surface area contributed by atoms with Crippen LogP contribution >= 0.6 is 0 Å². The van der Waals surface area contributed by atoms with Gasteiger partial charge in [0, 0.05) is 30.3 Å². The number of nitrogens with zero attached hydrogens (tertiary/aromatic N) is 2. The van der Waals surface area contributed by atoms with Gasteiger partial charge in [-0.05, 0) is 48.4 Å². The third-order valence-electron chi connectivity index (χ3n) is 4.87. The highest BCUT2D eigenvalue weighted by molar-refractivity contribution is 6.08. The molecule has 2 amide bonds. The fourth-order valence-electron chi connectivity index (χ4n) is 3.44. The molecule has 1 N–H and O–H groups in total. The minimum Gasteiger partial charge on any atom is -0.322 e. The number of benzene rings is 2. The van der Waals surface area contributed by atoms with Crippen LogP contribution in [0.25, 0.3) is 0 Å². The molecular formula is C22H16F3N3O2. The molecule has 0 saturated heterocycles. The number of alkyl halides is 3. The van der Waals surface area contributed by atoms with Crippen molar-refractivity contribution in [2.45, 2.75) is 12.6 Å². The van der Waals surface area contributed by atoms with E-state index in [4.69, 9.17) is 0 Å². The predicted octanol–water partition coefficient (Wildman–Crippen LogP) is 4.56. The van der Waals surface area contributed by atoms with E-state index in [1.165, 1.54) is 18.3 Å². The standard InChI is InChI=1S/C22H16F3N3O2/c23-22(24,25)18-6-2-1-5-17(18)20(29)27-16-8-7-14-9-11-28(19(14)12-16)21(30)15-4-3-10-26-13-15/h1-8,10,12-13H,9,11H2,(H,27,29). The van der Waals surface area contributed by atoms with Crippen molar-refractivity contribution in [2.75, 3.05) is 16.8 Å². The van der Waals surface area contributed by atoms with Gasteiger partial charge in [0.2, 0.25) is 0 Å². The Balaban J connectivity index is 1.60. The second kappa shape index (κ2) is 7.62. The molecule has 0 bridgehead atoms. The Morgan fingerprint density at radius 1 is 1.03 bits per heavy atom. The molecule has 0 aliphatic carbocycles. The SMILES string of the molecule is O=C(Nc1ccc2c(c1)N(C(=O)c1cccnc1)CC2)c1ccccc1C(F)(F)F. The van der Waals surface area contributed by atoms with E-state index < -0.39 is 23.2 Å². The van der Waals surface area contributed by atoms with E-state index in [2.05, 4.69) is 10.3 Å². The molecule has 152 valence electrons. The first kappa shape index (κ1) is 19.6. The lowest BCUT2D eigenvalue weighted by molar-refractivity contribution is -0.137. The number of hydrogen-bond acceptors (Lipinski definition) is 3. The van der Waals surface area contributed by atoms with E-state index >= 15 is 0 Å². The van der Waals surface area contributed by atoms with Gasteiger partial charge < -0.3 is 10.2 Å². The Kier molecular flexibility index (Phi) is 4.99. The van der Waals surface area contributed by atoms with Crippen molar-refractivity contribution >= 4 is 23.2 Å². The van der Waals surface area contributed by atoms with Crippen LogP contribution in [0, 0.1) is 0 Å². The number of amides is 2. The van der Waals surface area contributed by atoms with Crippen LogP contribution in [-0.2, 0) is 12.6 Å². The molecule has 0 spiro atoms. The zero-order valence-corrected chi connectivity index (χ0v) is 15.6. The molecule has 0 radical (unpaired) electrons. The van der Waals surface area contributed by atoms with Crippen LogP contribution in [0.4, 0.5) is 24.5 Å². The second-order valence-electron chi connectivity index (χ2n) is 6.79. The minimum absolute atomic E-state index is 0.229. The Hall–Kier alpha value is -3.68. The molecule has 3 aromatic rings. The zero-order chi connectivity index (χ0) is 21.3. The molecule has 4 rings (SSSR count). The van der Waals surface area contributed by atoms with Gasteiger partial charge in [-0.3, -0.25) is 14.6 Å². The molecule has 5 nitrogen and oxygen atoms in total. The molecule has 1 aromatic heterocycles. The normalized spacial score (nSPS) is 13.1. The quantitative estimate of drug-likeness (QED) is 0.688. The molecule has 0 unspecified atom stereocenters. The maximum absolute atomic E-state index is 13.2. The van der Waals surface area contributed by atoms with Crippen molar-refractivity contribution in [3.63, 3.8) is 0 Å². The molecule has 0 atom stereocenters. The number of fused-ring (bicyclic) bond motifs is 1. The van der Waals surface area contributed by atoms with E-state index in [0.29, 0.717) is 29.9 Å². The number of carbonyl (C=O) groups is 2. The van der Waals surface area contributed by atoms with Crippen molar-refractivity contribution in [2.24, 2.45) is 0 Å². The van der Waals surface area contributed by atoms with Crippen LogP contribution in [-0.4, -0.2) is 23.3 Å². The lowest BCUT2D eigenvalue weighted by Crippen LogP contribution is -2.29. The number of carbonyl (C=O) groups excluding carboxylic acids is 2. The highest BCUT2D eigenvalue weighted by atomic mass is 19.4. The predicted molar refractivity (Wildman–Crippen MR) is 105 cm³/mol. The van der Waals surface area contributed by atoms with Crippen LogP contribution in [0.15, 0.2) is 67.0 Å². The van der Waals surface area contributed by atoms with Crippen molar-refractivity contribution in [1.29, 1.82) is 0 Å². The first-order valence-electron chi connectivity index (χ1n) is 9.17. The number of pyridine rings is 1. The number of anilines is 2. The minimum atomic E-state index is -4.64. The smallest absolute Gasteiger partial charge is 0.322 e. The summed E-state index contributed by atoms with van der Waals surface area (Å²) in [6.45, 7) is 0.470. The zero-order valence-electron chi connectivity index (χ0n) is 15.6. The maximum Gasteiger partial charge on any atom is 0.417 e. The third kappa shape index (κ3) is 3.76. The Labute approximate surface area is 170 Å². The highest BCUT2D eigenvalue weighted by Crippen LogP contribution is 2.34. The Bertz CT molecular complexity index is 1110. The Morgan fingerprint density at radius 3 is 2.57 bits per heavy atom. The summed E-state index contributed by atoms with van der Waals surface area (Å²) in [6.07, 6.45) is -0.952. The van der Waals surface area contributed by atoms with Gasteiger partial charge in [0.25, 0.3) is 11.8 Å². The van der Waals surface area contributed by atoms with Crippen LogP contribution in [0.1, 0.15) is 31.8 Å².